The Kier molecular flexibility index (Phi) is 6.25. The first-order valence-corrected chi connectivity index (χ1v) is 8.50. The van der Waals surface area contributed by atoms with Crippen molar-refractivity contribution in [3.05, 3.63) is 0 Å². The average Bonchev–Trinajstić information content (AvgIpc) is 2.45. The van der Waals surface area contributed by atoms with E-state index in [0.29, 0.717) is 24.3 Å². The Morgan fingerprint density at radius 3 is 2.10 bits per heavy atom. The number of carbonyl (C=O) groups is 1. The molecule has 0 saturated heterocycles. The Balaban J connectivity index is 2.82. The maximum absolute atomic E-state index is 12.9. The minimum absolute atomic E-state index is 0.0541. The first-order chi connectivity index (χ1) is 9.82. The number of hydrogen-bond acceptors (Lipinski definition) is 2. The van der Waals surface area contributed by atoms with Crippen LogP contribution < -0.4 is 0 Å². The molecule has 21 heavy (non-hydrogen) atoms. The van der Waals surface area contributed by atoms with Crippen molar-refractivity contribution in [1.82, 2.24) is 4.90 Å². The van der Waals surface area contributed by atoms with Gasteiger partial charge >= 0.3 is 0 Å². The van der Waals surface area contributed by atoms with E-state index in [1.807, 2.05) is 11.9 Å². The Hall–Kier alpha value is -1.04. The van der Waals surface area contributed by atoms with Crippen LogP contribution in [0.4, 0.5) is 0 Å². The molecule has 0 atom stereocenters. The van der Waals surface area contributed by atoms with Gasteiger partial charge < -0.3 is 4.90 Å². The van der Waals surface area contributed by atoms with E-state index in [-0.39, 0.29) is 5.91 Å². The summed E-state index contributed by atoms with van der Waals surface area (Å²) in [7, 11) is 1.91. The van der Waals surface area contributed by atoms with Crippen LogP contribution in [0.2, 0.25) is 0 Å². The third kappa shape index (κ3) is 4.22. The summed E-state index contributed by atoms with van der Waals surface area (Å²) in [6.45, 7) is 8.72. The van der Waals surface area contributed by atoms with E-state index >= 15 is 0 Å². The number of amides is 1. The van der Waals surface area contributed by atoms with Crippen LogP contribution in [-0.4, -0.2) is 23.9 Å². The van der Waals surface area contributed by atoms with E-state index < -0.39 is 5.41 Å². The summed E-state index contributed by atoms with van der Waals surface area (Å²) in [6.07, 6.45) is 7.57. The molecule has 0 bridgehead atoms. The smallest absolute Gasteiger partial charge is 0.243 e. The minimum Gasteiger partial charge on any atom is -0.341 e. The highest BCUT2D eigenvalue weighted by molar-refractivity contribution is 5.85. The molecule has 1 saturated carbocycles. The fourth-order valence-corrected chi connectivity index (χ4v) is 3.63. The van der Waals surface area contributed by atoms with Gasteiger partial charge in [-0.15, -0.1) is 0 Å². The molecular formula is C18H32N2O. The lowest BCUT2D eigenvalue weighted by Gasteiger charge is -2.41. The number of nitrogens with zero attached hydrogens (tertiary/aromatic N) is 2. The van der Waals surface area contributed by atoms with Crippen molar-refractivity contribution in [2.45, 2.75) is 85.1 Å². The first kappa shape index (κ1) is 18.0. The lowest BCUT2D eigenvalue weighted by Crippen LogP contribution is -2.48. The monoisotopic (exact) mass is 292 g/mol. The van der Waals surface area contributed by atoms with Crippen molar-refractivity contribution in [2.24, 2.45) is 10.8 Å². The number of rotatable bonds is 6. The quantitative estimate of drug-likeness (QED) is 0.722. The third-order valence-corrected chi connectivity index (χ3v) is 5.15. The molecule has 0 N–H and O–H groups in total. The fourth-order valence-electron chi connectivity index (χ4n) is 3.63. The van der Waals surface area contributed by atoms with Gasteiger partial charge in [0.15, 0.2) is 0 Å². The molecule has 1 rings (SSSR count). The van der Waals surface area contributed by atoms with E-state index in [2.05, 4.69) is 33.8 Å². The van der Waals surface area contributed by atoms with E-state index in [1.165, 1.54) is 0 Å². The molecule has 120 valence electrons. The molecule has 3 heteroatoms. The zero-order valence-electron chi connectivity index (χ0n) is 14.5. The average molecular weight is 292 g/mol. The third-order valence-electron chi connectivity index (χ3n) is 5.15. The van der Waals surface area contributed by atoms with Crippen molar-refractivity contribution in [2.75, 3.05) is 7.05 Å². The molecule has 0 aromatic heterocycles. The van der Waals surface area contributed by atoms with Crippen molar-refractivity contribution >= 4 is 5.91 Å². The van der Waals surface area contributed by atoms with Crippen LogP contribution in [-0.2, 0) is 4.79 Å². The summed E-state index contributed by atoms with van der Waals surface area (Å²) in [4.78, 5) is 14.8. The molecule has 1 amide bonds. The zero-order chi connectivity index (χ0) is 16.1. The number of carbonyl (C=O) groups excluding carboxylic acids is 1. The molecule has 0 heterocycles. The van der Waals surface area contributed by atoms with Gasteiger partial charge in [0.2, 0.25) is 5.91 Å². The topological polar surface area (TPSA) is 44.1 Å². The molecule has 1 fully saturated rings. The fraction of sp³-hybridized carbons (Fsp3) is 0.889. The maximum atomic E-state index is 12.9. The Morgan fingerprint density at radius 2 is 1.71 bits per heavy atom. The molecular weight excluding hydrogens is 260 g/mol. The largest absolute Gasteiger partial charge is 0.341 e. The minimum atomic E-state index is -0.800. The summed E-state index contributed by atoms with van der Waals surface area (Å²) >= 11 is 0. The molecule has 0 unspecified atom stereocenters. The van der Waals surface area contributed by atoms with E-state index in [1.54, 1.807) is 0 Å². The summed E-state index contributed by atoms with van der Waals surface area (Å²) in [6, 6.07) is 2.67. The molecule has 0 aromatic carbocycles. The van der Waals surface area contributed by atoms with Crippen LogP contribution in [0.15, 0.2) is 0 Å². The van der Waals surface area contributed by atoms with Gasteiger partial charge in [-0.25, -0.2) is 0 Å². The second kappa shape index (κ2) is 7.29. The SMILES string of the molecule is CCCC(C#N)(CCC)C(=O)N(C)C1CCC(C)(C)CC1. The van der Waals surface area contributed by atoms with Gasteiger partial charge in [0.1, 0.15) is 5.41 Å². The van der Waals surface area contributed by atoms with Crippen LogP contribution in [0.5, 0.6) is 0 Å². The highest BCUT2D eigenvalue weighted by Gasteiger charge is 2.41. The summed E-state index contributed by atoms with van der Waals surface area (Å²) in [5.74, 6) is 0.0541. The lowest BCUT2D eigenvalue weighted by atomic mass is 9.74. The van der Waals surface area contributed by atoms with Crippen LogP contribution in [0.3, 0.4) is 0 Å². The van der Waals surface area contributed by atoms with Gasteiger partial charge in [0, 0.05) is 13.1 Å². The molecule has 1 aliphatic carbocycles. The molecule has 1 aliphatic rings. The second-order valence-electron chi connectivity index (χ2n) is 7.51. The van der Waals surface area contributed by atoms with E-state index in [9.17, 15) is 10.1 Å². The van der Waals surface area contributed by atoms with Gasteiger partial charge in [0.05, 0.1) is 6.07 Å². The first-order valence-electron chi connectivity index (χ1n) is 8.50. The normalized spacial score (nSPS) is 19.0. The Labute approximate surface area is 130 Å². The van der Waals surface area contributed by atoms with Crippen LogP contribution in [0.1, 0.15) is 79.1 Å². The standard InChI is InChI=1S/C18H32N2O/c1-6-10-18(14-19,11-7-2)16(21)20(5)15-8-12-17(3,4)13-9-15/h15H,6-13H2,1-5H3. The summed E-state index contributed by atoms with van der Waals surface area (Å²) in [5.41, 5.74) is -0.398. The molecule has 3 nitrogen and oxygen atoms in total. The van der Waals surface area contributed by atoms with Crippen LogP contribution >= 0.6 is 0 Å². The van der Waals surface area contributed by atoms with Crippen LogP contribution in [0.25, 0.3) is 0 Å². The van der Waals surface area contributed by atoms with Gasteiger partial charge in [-0.1, -0.05) is 40.5 Å². The lowest BCUT2D eigenvalue weighted by molar-refractivity contribution is -0.141. The zero-order valence-corrected chi connectivity index (χ0v) is 14.5. The Morgan fingerprint density at radius 1 is 1.24 bits per heavy atom. The van der Waals surface area contributed by atoms with Crippen molar-refractivity contribution in [3.8, 4) is 6.07 Å². The van der Waals surface area contributed by atoms with Crippen LogP contribution in [0, 0.1) is 22.2 Å². The van der Waals surface area contributed by atoms with E-state index in [0.717, 1.165) is 38.5 Å². The Bertz CT molecular complexity index is 379. The van der Waals surface area contributed by atoms with Crippen molar-refractivity contribution in [3.63, 3.8) is 0 Å². The van der Waals surface area contributed by atoms with Crippen molar-refractivity contribution < 1.29 is 4.79 Å². The highest BCUT2D eigenvalue weighted by Crippen LogP contribution is 2.39. The molecule has 0 radical (unpaired) electrons. The second-order valence-corrected chi connectivity index (χ2v) is 7.51. The molecule has 0 aromatic rings. The predicted molar refractivity (Wildman–Crippen MR) is 86.7 cm³/mol. The van der Waals surface area contributed by atoms with Gasteiger partial charge in [-0.3, -0.25) is 4.79 Å². The maximum Gasteiger partial charge on any atom is 0.243 e. The van der Waals surface area contributed by atoms with Gasteiger partial charge in [-0.2, -0.15) is 5.26 Å². The highest BCUT2D eigenvalue weighted by atomic mass is 16.2. The van der Waals surface area contributed by atoms with Crippen molar-refractivity contribution in [1.29, 1.82) is 5.26 Å². The van der Waals surface area contributed by atoms with Gasteiger partial charge in [-0.05, 0) is 43.9 Å². The number of nitriles is 1. The number of hydrogen-bond donors (Lipinski definition) is 0. The molecule has 0 spiro atoms. The summed E-state index contributed by atoms with van der Waals surface area (Å²) < 4.78 is 0. The molecule has 0 aliphatic heterocycles. The predicted octanol–water partition coefficient (Wildman–Crippen LogP) is 4.52. The summed E-state index contributed by atoms with van der Waals surface area (Å²) in [5, 5.41) is 9.64. The van der Waals surface area contributed by atoms with Gasteiger partial charge in [0.25, 0.3) is 0 Å². The van der Waals surface area contributed by atoms with E-state index in [4.69, 9.17) is 0 Å².